The largest absolute Gasteiger partial charge is 0.497 e. The number of rotatable bonds is 7. The summed E-state index contributed by atoms with van der Waals surface area (Å²) in [6.45, 7) is 3.14. The number of anilines is 2. The second-order valence-corrected chi connectivity index (χ2v) is 8.18. The van der Waals surface area contributed by atoms with Gasteiger partial charge >= 0.3 is 5.97 Å². The summed E-state index contributed by atoms with van der Waals surface area (Å²) < 4.78 is 10.5. The molecule has 0 unspecified atom stereocenters. The molecule has 2 heterocycles. The lowest BCUT2D eigenvalue weighted by molar-refractivity contribution is -0.384. The number of pyridine rings is 1. The van der Waals surface area contributed by atoms with E-state index < -0.39 is 10.8 Å². The number of hydrogen-bond donors (Lipinski definition) is 1. The van der Waals surface area contributed by atoms with E-state index in [4.69, 9.17) is 9.47 Å². The van der Waals surface area contributed by atoms with Crippen LogP contribution in [0, 0.1) is 16.0 Å². The molecule has 0 spiro atoms. The zero-order chi connectivity index (χ0) is 24.9. The first-order valence-corrected chi connectivity index (χ1v) is 11.4. The molecule has 1 aliphatic rings. The predicted octanol–water partition coefficient (Wildman–Crippen LogP) is 4.18. The van der Waals surface area contributed by atoms with Crippen LogP contribution in [0.2, 0.25) is 0 Å². The number of nitrogens with one attached hydrogen (secondary N) is 1. The van der Waals surface area contributed by atoms with E-state index in [1.807, 2.05) is 17.0 Å². The van der Waals surface area contributed by atoms with Crippen LogP contribution >= 0.6 is 0 Å². The number of methoxy groups -OCH3 is 1. The molecular weight excluding hydrogens is 452 g/mol. The molecule has 1 aliphatic heterocycles. The quantitative estimate of drug-likeness (QED) is 0.305. The molecule has 35 heavy (non-hydrogen) atoms. The van der Waals surface area contributed by atoms with Crippen molar-refractivity contribution in [2.45, 2.75) is 19.8 Å². The highest BCUT2D eigenvalue weighted by atomic mass is 16.6. The number of ether oxygens (including phenoxy) is 2. The third-order valence-electron chi connectivity index (χ3n) is 6.05. The van der Waals surface area contributed by atoms with Gasteiger partial charge in [0.2, 0.25) is 0 Å². The number of piperidine rings is 1. The Labute approximate surface area is 202 Å². The summed E-state index contributed by atoms with van der Waals surface area (Å²) in [5.41, 5.74) is 1.55. The van der Waals surface area contributed by atoms with Gasteiger partial charge in [0.05, 0.1) is 47.0 Å². The second kappa shape index (κ2) is 10.4. The molecule has 1 saturated heterocycles. The van der Waals surface area contributed by atoms with E-state index in [2.05, 4.69) is 10.3 Å². The molecule has 4 rings (SSSR count). The van der Waals surface area contributed by atoms with Gasteiger partial charge in [-0.15, -0.1) is 0 Å². The molecule has 3 aromatic rings. The molecule has 10 nitrogen and oxygen atoms in total. The molecular formula is C25H26N4O6. The number of nitro benzene ring substituents is 1. The number of hydrogen-bond acceptors (Lipinski definition) is 8. The minimum atomic E-state index is -0.532. The zero-order valence-electron chi connectivity index (χ0n) is 19.5. The van der Waals surface area contributed by atoms with E-state index >= 15 is 0 Å². The summed E-state index contributed by atoms with van der Waals surface area (Å²) in [5.74, 6) is -0.375. The summed E-state index contributed by atoms with van der Waals surface area (Å²) in [7, 11) is 1.53. The van der Waals surface area contributed by atoms with E-state index in [1.54, 1.807) is 31.3 Å². The number of esters is 1. The maximum absolute atomic E-state index is 13.5. The van der Waals surface area contributed by atoms with Gasteiger partial charge in [0.1, 0.15) is 5.75 Å². The summed E-state index contributed by atoms with van der Waals surface area (Å²) >= 11 is 0. The van der Waals surface area contributed by atoms with Crippen molar-refractivity contribution in [3.05, 3.63) is 64.3 Å². The highest BCUT2D eigenvalue weighted by Gasteiger charge is 2.29. The Kier molecular flexibility index (Phi) is 7.09. The highest BCUT2D eigenvalue weighted by Crippen LogP contribution is 2.32. The number of nitrogens with zero attached hydrogens (tertiary/aromatic N) is 3. The Bertz CT molecular complexity index is 1270. The normalized spacial score (nSPS) is 13.9. The van der Waals surface area contributed by atoms with Gasteiger partial charge in [-0.1, -0.05) is 6.07 Å². The Morgan fingerprint density at radius 2 is 1.97 bits per heavy atom. The fraction of sp³-hybridized carbons (Fsp3) is 0.320. The number of amides is 1. The molecule has 0 saturated carbocycles. The predicted molar refractivity (Wildman–Crippen MR) is 131 cm³/mol. The van der Waals surface area contributed by atoms with Crippen molar-refractivity contribution >= 4 is 39.8 Å². The third kappa shape index (κ3) is 5.16. The molecule has 0 atom stereocenters. The molecule has 1 fully saturated rings. The van der Waals surface area contributed by atoms with Crippen LogP contribution in [0.1, 0.15) is 30.1 Å². The molecule has 182 valence electrons. The second-order valence-electron chi connectivity index (χ2n) is 8.18. The third-order valence-corrected chi connectivity index (χ3v) is 6.05. The van der Waals surface area contributed by atoms with Gasteiger partial charge in [-0.3, -0.25) is 24.7 Å². The summed E-state index contributed by atoms with van der Waals surface area (Å²) in [5, 5.41) is 15.1. The van der Waals surface area contributed by atoms with Crippen LogP contribution in [0.15, 0.2) is 48.7 Å². The van der Waals surface area contributed by atoms with E-state index in [0.717, 1.165) is 5.39 Å². The Balaban J connectivity index is 1.65. The van der Waals surface area contributed by atoms with Crippen molar-refractivity contribution < 1.29 is 24.0 Å². The van der Waals surface area contributed by atoms with Crippen molar-refractivity contribution in [1.29, 1.82) is 0 Å². The van der Waals surface area contributed by atoms with E-state index in [-0.39, 0.29) is 23.1 Å². The number of benzene rings is 2. The fourth-order valence-corrected chi connectivity index (χ4v) is 4.28. The van der Waals surface area contributed by atoms with E-state index in [0.29, 0.717) is 55.2 Å². The first-order valence-electron chi connectivity index (χ1n) is 11.4. The van der Waals surface area contributed by atoms with Crippen LogP contribution in [-0.4, -0.2) is 48.6 Å². The maximum atomic E-state index is 13.5. The smallest absolute Gasteiger partial charge is 0.309 e. The molecule has 0 radical (unpaired) electrons. The lowest BCUT2D eigenvalue weighted by atomic mass is 9.96. The van der Waals surface area contributed by atoms with E-state index in [1.165, 1.54) is 19.2 Å². The average Bonchev–Trinajstić information content (AvgIpc) is 2.88. The molecule has 1 aromatic heterocycles. The number of fused-ring (bicyclic) bond motifs is 1. The van der Waals surface area contributed by atoms with Crippen molar-refractivity contribution in [2.75, 3.05) is 37.0 Å². The van der Waals surface area contributed by atoms with Crippen LogP contribution in [0.25, 0.3) is 10.9 Å². The molecule has 0 bridgehead atoms. The van der Waals surface area contributed by atoms with Crippen molar-refractivity contribution in [3.63, 3.8) is 0 Å². The van der Waals surface area contributed by atoms with E-state index in [9.17, 15) is 19.7 Å². The maximum Gasteiger partial charge on any atom is 0.309 e. The standard InChI is InChI=1S/C25H26N4O6/c1-3-35-25(31)16-8-11-28(12-9-16)22-7-6-18(29(32)33)14-20(22)24(30)27-21-15-19(34-2)13-17-5-4-10-26-23(17)21/h4-7,10,13-16H,3,8-9,11-12H2,1-2H3,(H,27,30). The van der Waals surface area contributed by atoms with Crippen LogP contribution in [0.4, 0.5) is 17.1 Å². The lowest BCUT2D eigenvalue weighted by Crippen LogP contribution is -2.38. The number of carbonyl (C=O) groups excluding carboxylic acids is 2. The van der Waals surface area contributed by atoms with Gasteiger partial charge in [-0.2, -0.15) is 0 Å². The van der Waals surface area contributed by atoms with Crippen molar-refractivity contribution in [3.8, 4) is 5.75 Å². The summed E-state index contributed by atoms with van der Waals surface area (Å²) in [6, 6.07) is 11.3. The van der Waals surface area contributed by atoms with Crippen molar-refractivity contribution in [2.24, 2.45) is 5.92 Å². The first-order chi connectivity index (χ1) is 16.9. The molecule has 0 aliphatic carbocycles. The Hall–Kier alpha value is -4.21. The molecule has 1 N–H and O–H groups in total. The Morgan fingerprint density at radius 3 is 2.66 bits per heavy atom. The highest BCUT2D eigenvalue weighted by molar-refractivity contribution is 6.11. The average molecular weight is 479 g/mol. The van der Waals surface area contributed by atoms with Crippen LogP contribution in [0.5, 0.6) is 5.75 Å². The van der Waals surface area contributed by atoms with Crippen molar-refractivity contribution in [1.82, 2.24) is 4.98 Å². The molecule has 2 aromatic carbocycles. The van der Waals surface area contributed by atoms with Gasteiger partial charge in [0.25, 0.3) is 11.6 Å². The number of carbonyl (C=O) groups is 2. The SMILES string of the molecule is CCOC(=O)C1CCN(c2ccc([N+](=O)[O-])cc2C(=O)Nc2cc(OC)cc3cccnc23)CC1. The van der Waals surface area contributed by atoms with Gasteiger partial charge in [0.15, 0.2) is 0 Å². The molecule has 1 amide bonds. The zero-order valence-corrected chi connectivity index (χ0v) is 19.5. The summed E-state index contributed by atoms with van der Waals surface area (Å²) in [6.07, 6.45) is 2.76. The topological polar surface area (TPSA) is 124 Å². The van der Waals surface area contributed by atoms with Crippen LogP contribution in [0.3, 0.4) is 0 Å². The number of non-ortho nitro benzene ring substituents is 1. The van der Waals surface area contributed by atoms with Gasteiger partial charge in [-0.05, 0) is 38.0 Å². The number of nitro groups is 1. The van der Waals surface area contributed by atoms with Crippen LogP contribution in [-0.2, 0) is 9.53 Å². The fourth-order valence-electron chi connectivity index (χ4n) is 4.28. The minimum absolute atomic E-state index is 0.167. The first kappa shape index (κ1) is 23.9. The monoisotopic (exact) mass is 478 g/mol. The lowest BCUT2D eigenvalue weighted by Gasteiger charge is -2.33. The van der Waals surface area contributed by atoms with Gasteiger partial charge < -0.3 is 19.7 Å². The summed E-state index contributed by atoms with van der Waals surface area (Å²) in [4.78, 5) is 42.8. The minimum Gasteiger partial charge on any atom is -0.497 e. The van der Waals surface area contributed by atoms with Gasteiger partial charge in [0, 0.05) is 42.9 Å². The van der Waals surface area contributed by atoms with Gasteiger partial charge in [-0.25, -0.2) is 0 Å². The van der Waals surface area contributed by atoms with Crippen LogP contribution < -0.4 is 15.0 Å². The molecule has 10 heteroatoms. The number of aromatic nitrogens is 1. The Morgan fingerprint density at radius 1 is 1.20 bits per heavy atom.